The van der Waals surface area contributed by atoms with Crippen LogP contribution in [-0.2, 0) is 16.6 Å². The first-order valence-electron chi connectivity index (χ1n) is 8.36. The van der Waals surface area contributed by atoms with Crippen molar-refractivity contribution in [1.29, 1.82) is 0 Å². The molecule has 0 aliphatic heterocycles. The maximum atomic E-state index is 12.0. The number of hydrogen-bond donors (Lipinski definition) is 2. The second-order valence-corrected chi connectivity index (χ2v) is 8.67. The van der Waals surface area contributed by atoms with E-state index in [2.05, 4.69) is 24.5 Å². The average molecular weight is 375 g/mol. The lowest BCUT2D eigenvalue weighted by molar-refractivity contribution is 0.251. The Kier molecular flexibility index (Phi) is 6.39. The molecular weight excluding hydrogens is 350 g/mol. The number of sulfonamides is 1. The van der Waals surface area contributed by atoms with Gasteiger partial charge in [0.25, 0.3) is 0 Å². The molecule has 0 heterocycles. The van der Waals surface area contributed by atoms with Gasteiger partial charge in [-0.3, -0.25) is 0 Å². The van der Waals surface area contributed by atoms with Crippen molar-refractivity contribution in [3.05, 3.63) is 59.7 Å². The number of rotatable bonds is 6. The summed E-state index contributed by atoms with van der Waals surface area (Å²) in [5.74, 6) is 0.442. The van der Waals surface area contributed by atoms with Crippen LogP contribution in [0, 0.1) is 0 Å². The summed E-state index contributed by atoms with van der Waals surface area (Å²) < 4.78 is 25.2. The molecular formula is C19H25N3O3S. The number of urea groups is 1. The number of anilines is 1. The highest BCUT2D eigenvalue weighted by molar-refractivity contribution is 7.89. The molecule has 7 heteroatoms. The van der Waals surface area contributed by atoms with Gasteiger partial charge in [0.15, 0.2) is 0 Å². The van der Waals surface area contributed by atoms with Crippen LogP contribution in [0.1, 0.15) is 30.9 Å². The largest absolute Gasteiger partial charge is 0.334 e. The molecule has 0 fully saturated rings. The van der Waals surface area contributed by atoms with Gasteiger partial charge in [-0.25, -0.2) is 17.5 Å². The number of nitrogens with zero attached hydrogens (tertiary/aromatic N) is 1. The van der Waals surface area contributed by atoms with Gasteiger partial charge in [-0.2, -0.15) is 0 Å². The zero-order chi connectivity index (χ0) is 19.3. The van der Waals surface area contributed by atoms with Gasteiger partial charge in [-0.05, 0) is 41.3 Å². The van der Waals surface area contributed by atoms with E-state index in [1.807, 2.05) is 24.3 Å². The van der Waals surface area contributed by atoms with E-state index in [4.69, 9.17) is 0 Å². The van der Waals surface area contributed by atoms with Crippen molar-refractivity contribution in [3.8, 4) is 0 Å². The number of hydrogen-bond acceptors (Lipinski definition) is 3. The van der Waals surface area contributed by atoms with Gasteiger partial charge >= 0.3 is 6.03 Å². The quantitative estimate of drug-likeness (QED) is 0.812. The van der Waals surface area contributed by atoms with Crippen molar-refractivity contribution in [1.82, 2.24) is 9.62 Å². The minimum Gasteiger partial charge on any atom is -0.334 e. The summed E-state index contributed by atoms with van der Waals surface area (Å²) in [4.78, 5) is 12.2. The van der Waals surface area contributed by atoms with Crippen molar-refractivity contribution in [2.75, 3.05) is 19.4 Å². The van der Waals surface area contributed by atoms with E-state index in [9.17, 15) is 13.2 Å². The van der Waals surface area contributed by atoms with Gasteiger partial charge in [0.1, 0.15) is 0 Å². The number of benzene rings is 2. The van der Waals surface area contributed by atoms with Crippen LogP contribution in [0.25, 0.3) is 0 Å². The van der Waals surface area contributed by atoms with E-state index in [0.717, 1.165) is 15.6 Å². The zero-order valence-electron chi connectivity index (χ0n) is 15.5. The number of amides is 2. The van der Waals surface area contributed by atoms with Crippen molar-refractivity contribution in [2.45, 2.75) is 31.2 Å². The molecule has 2 N–H and O–H groups in total. The maximum Gasteiger partial charge on any atom is 0.319 e. The summed E-state index contributed by atoms with van der Waals surface area (Å²) in [6.07, 6.45) is 0. The Bertz CT molecular complexity index is 843. The second kappa shape index (κ2) is 8.33. The van der Waals surface area contributed by atoms with Crippen molar-refractivity contribution >= 4 is 21.7 Å². The lowest BCUT2D eigenvalue weighted by Crippen LogP contribution is -2.28. The molecule has 6 nitrogen and oxygen atoms in total. The molecule has 2 amide bonds. The lowest BCUT2D eigenvalue weighted by atomic mass is 10.0. The van der Waals surface area contributed by atoms with Crippen LogP contribution in [0.4, 0.5) is 10.5 Å². The van der Waals surface area contributed by atoms with E-state index in [0.29, 0.717) is 12.5 Å². The molecule has 2 rings (SSSR count). The molecule has 0 aliphatic rings. The fourth-order valence-corrected chi connectivity index (χ4v) is 3.20. The summed E-state index contributed by atoms with van der Waals surface area (Å²) in [6.45, 7) is 4.53. The van der Waals surface area contributed by atoms with Gasteiger partial charge in [0.05, 0.1) is 4.90 Å². The third-order valence-electron chi connectivity index (χ3n) is 3.99. The van der Waals surface area contributed by atoms with Crippen LogP contribution in [0.15, 0.2) is 53.4 Å². The van der Waals surface area contributed by atoms with Gasteiger partial charge < -0.3 is 10.6 Å². The molecule has 0 radical (unpaired) electrons. The van der Waals surface area contributed by atoms with Gasteiger partial charge in [0, 0.05) is 26.3 Å². The predicted molar refractivity (Wildman–Crippen MR) is 104 cm³/mol. The van der Waals surface area contributed by atoms with Gasteiger partial charge in [-0.1, -0.05) is 38.1 Å². The smallest absolute Gasteiger partial charge is 0.319 e. The molecule has 2 aromatic rings. The Morgan fingerprint density at radius 3 is 2.08 bits per heavy atom. The molecule has 0 bridgehead atoms. The molecule has 0 spiro atoms. The topological polar surface area (TPSA) is 78.5 Å². The maximum absolute atomic E-state index is 12.0. The number of nitrogens with one attached hydrogen (secondary N) is 2. The highest BCUT2D eigenvalue weighted by atomic mass is 32.2. The Morgan fingerprint density at radius 1 is 1.00 bits per heavy atom. The SMILES string of the molecule is CC(C)c1ccc(NC(=O)NCc2ccc(S(=O)(=O)N(C)C)cc2)cc1. The summed E-state index contributed by atoms with van der Waals surface area (Å²) in [5, 5.41) is 5.53. The van der Waals surface area contributed by atoms with Crippen LogP contribution in [0.3, 0.4) is 0 Å². The normalized spacial score (nSPS) is 11.6. The molecule has 140 valence electrons. The number of carbonyl (C=O) groups is 1. The third-order valence-corrected chi connectivity index (χ3v) is 5.82. The zero-order valence-corrected chi connectivity index (χ0v) is 16.3. The molecule has 0 atom stereocenters. The van der Waals surface area contributed by atoms with Crippen molar-refractivity contribution in [2.24, 2.45) is 0 Å². The van der Waals surface area contributed by atoms with Crippen molar-refractivity contribution in [3.63, 3.8) is 0 Å². The Labute approximate surface area is 155 Å². The second-order valence-electron chi connectivity index (χ2n) is 6.52. The van der Waals surface area contributed by atoms with Gasteiger partial charge in [0.2, 0.25) is 10.0 Å². The minimum absolute atomic E-state index is 0.223. The average Bonchev–Trinajstić information content (AvgIpc) is 2.60. The standard InChI is InChI=1S/C19H25N3O3S/c1-14(2)16-7-9-17(10-8-16)21-19(23)20-13-15-5-11-18(12-6-15)26(24,25)22(3)4/h5-12,14H,13H2,1-4H3,(H2,20,21,23). The first-order valence-corrected chi connectivity index (χ1v) is 9.80. The molecule has 0 unspecified atom stereocenters. The van der Waals surface area contributed by atoms with E-state index >= 15 is 0 Å². The summed E-state index contributed by atoms with van der Waals surface area (Å²) in [6, 6.07) is 13.9. The van der Waals surface area contributed by atoms with E-state index in [1.54, 1.807) is 12.1 Å². The van der Waals surface area contributed by atoms with E-state index < -0.39 is 10.0 Å². The fourth-order valence-electron chi connectivity index (χ4n) is 2.30. The van der Waals surface area contributed by atoms with Crippen molar-refractivity contribution < 1.29 is 13.2 Å². The summed E-state index contributed by atoms with van der Waals surface area (Å²) in [7, 11) is -0.464. The summed E-state index contributed by atoms with van der Waals surface area (Å²) >= 11 is 0. The molecule has 0 saturated heterocycles. The van der Waals surface area contributed by atoms with Crippen LogP contribution < -0.4 is 10.6 Å². The fraction of sp³-hybridized carbons (Fsp3) is 0.316. The molecule has 0 saturated carbocycles. The first kappa shape index (κ1) is 19.9. The van der Waals surface area contributed by atoms with Gasteiger partial charge in [-0.15, -0.1) is 0 Å². The predicted octanol–water partition coefficient (Wildman–Crippen LogP) is 3.38. The van der Waals surface area contributed by atoms with Crippen LogP contribution in [-0.4, -0.2) is 32.8 Å². The van der Waals surface area contributed by atoms with E-state index in [1.165, 1.54) is 31.8 Å². The Balaban J connectivity index is 1.91. The van der Waals surface area contributed by atoms with Crippen LogP contribution in [0.2, 0.25) is 0 Å². The highest BCUT2D eigenvalue weighted by Crippen LogP contribution is 2.17. The third kappa shape index (κ3) is 5.06. The summed E-state index contributed by atoms with van der Waals surface area (Å²) in [5.41, 5.74) is 2.75. The highest BCUT2D eigenvalue weighted by Gasteiger charge is 2.16. The van der Waals surface area contributed by atoms with E-state index in [-0.39, 0.29) is 10.9 Å². The van der Waals surface area contributed by atoms with Crippen LogP contribution >= 0.6 is 0 Å². The van der Waals surface area contributed by atoms with Crippen LogP contribution in [0.5, 0.6) is 0 Å². The minimum atomic E-state index is -3.44. The molecule has 26 heavy (non-hydrogen) atoms. The molecule has 0 aromatic heterocycles. The molecule has 2 aromatic carbocycles. The number of carbonyl (C=O) groups excluding carboxylic acids is 1. The monoisotopic (exact) mass is 375 g/mol. The Morgan fingerprint density at radius 2 is 1.58 bits per heavy atom. The molecule has 0 aliphatic carbocycles. The lowest BCUT2D eigenvalue weighted by Gasteiger charge is -2.12. The first-order chi connectivity index (χ1) is 12.2. The Hall–Kier alpha value is -2.38.